The quantitative estimate of drug-likeness (QED) is 0.767. The molecule has 6 heteroatoms. The Morgan fingerprint density at radius 1 is 1.47 bits per heavy atom. The van der Waals surface area contributed by atoms with Crippen molar-refractivity contribution in [2.75, 3.05) is 32.1 Å². The Labute approximate surface area is 103 Å². The predicted molar refractivity (Wildman–Crippen MR) is 67.5 cm³/mol. The van der Waals surface area contributed by atoms with Gasteiger partial charge in [-0.3, -0.25) is 4.79 Å². The third-order valence-electron chi connectivity index (χ3n) is 3.37. The smallest absolute Gasteiger partial charge is 0.237 e. The normalized spacial score (nSPS) is 25.9. The second-order valence-corrected chi connectivity index (χ2v) is 6.90. The minimum absolute atomic E-state index is 0.263. The minimum atomic E-state index is -3.22. The molecular formula is C11H22N2O3S. The summed E-state index contributed by atoms with van der Waals surface area (Å²) in [4.78, 5) is 13.5. The number of piperidine rings is 1. The highest BCUT2D eigenvalue weighted by Gasteiger charge is 2.30. The molecule has 0 spiro atoms. The van der Waals surface area contributed by atoms with Gasteiger partial charge in [-0.2, -0.15) is 0 Å². The SMILES string of the molecule is CCC1CN(C(=O)CS(C)(=O)=O)CCC1NC. The van der Waals surface area contributed by atoms with Crippen LogP contribution in [0.4, 0.5) is 0 Å². The van der Waals surface area contributed by atoms with E-state index >= 15 is 0 Å². The van der Waals surface area contributed by atoms with Crippen molar-refractivity contribution in [3.63, 3.8) is 0 Å². The summed E-state index contributed by atoms with van der Waals surface area (Å²) in [5, 5.41) is 3.26. The number of sulfone groups is 1. The van der Waals surface area contributed by atoms with Crippen molar-refractivity contribution in [1.29, 1.82) is 0 Å². The summed E-state index contributed by atoms with van der Waals surface area (Å²) >= 11 is 0. The highest BCUT2D eigenvalue weighted by molar-refractivity contribution is 7.91. The van der Waals surface area contributed by atoms with E-state index in [-0.39, 0.29) is 11.7 Å². The molecule has 1 N–H and O–H groups in total. The standard InChI is InChI=1S/C11H22N2O3S/c1-4-9-7-13(6-5-10(9)12-2)11(14)8-17(3,15)16/h9-10,12H,4-8H2,1-3H3. The van der Waals surface area contributed by atoms with Gasteiger partial charge in [0.05, 0.1) is 0 Å². The van der Waals surface area contributed by atoms with E-state index in [1.807, 2.05) is 7.05 Å². The molecule has 0 bridgehead atoms. The summed E-state index contributed by atoms with van der Waals surface area (Å²) in [6.45, 7) is 3.41. The molecule has 2 unspecified atom stereocenters. The number of hydrogen-bond acceptors (Lipinski definition) is 4. The Morgan fingerprint density at radius 2 is 2.12 bits per heavy atom. The molecule has 0 aromatic rings. The van der Waals surface area contributed by atoms with Crippen molar-refractivity contribution >= 4 is 15.7 Å². The van der Waals surface area contributed by atoms with Gasteiger partial charge in [-0.25, -0.2) is 8.42 Å². The van der Waals surface area contributed by atoms with Gasteiger partial charge in [-0.05, 0) is 19.4 Å². The first-order valence-corrected chi connectivity index (χ1v) is 8.06. The Bertz CT molecular complexity index is 367. The van der Waals surface area contributed by atoms with Gasteiger partial charge in [-0.15, -0.1) is 0 Å². The molecule has 5 nitrogen and oxygen atoms in total. The van der Waals surface area contributed by atoms with Crippen molar-refractivity contribution in [3.8, 4) is 0 Å². The number of rotatable bonds is 4. The van der Waals surface area contributed by atoms with Crippen molar-refractivity contribution in [3.05, 3.63) is 0 Å². The Balaban J connectivity index is 2.60. The number of carbonyl (C=O) groups excluding carboxylic acids is 1. The zero-order valence-electron chi connectivity index (χ0n) is 10.8. The first-order chi connectivity index (χ1) is 7.87. The molecule has 0 radical (unpaired) electrons. The van der Waals surface area contributed by atoms with Crippen LogP contribution in [-0.2, 0) is 14.6 Å². The molecule has 17 heavy (non-hydrogen) atoms. The van der Waals surface area contributed by atoms with E-state index < -0.39 is 9.84 Å². The summed E-state index contributed by atoms with van der Waals surface area (Å²) < 4.78 is 22.2. The molecule has 0 saturated carbocycles. The Hall–Kier alpha value is -0.620. The molecule has 1 amide bonds. The molecule has 2 atom stereocenters. The fourth-order valence-electron chi connectivity index (χ4n) is 2.37. The number of likely N-dealkylation sites (tertiary alicyclic amines) is 1. The topological polar surface area (TPSA) is 66.5 Å². The molecule has 1 fully saturated rings. The summed E-state index contributed by atoms with van der Waals surface area (Å²) in [5.41, 5.74) is 0. The molecule has 1 saturated heterocycles. The number of carbonyl (C=O) groups is 1. The highest BCUT2D eigenvalue weighted by Crippen LogP contribution is 2.20. The summed E-state index contributed by atoms with van der Waals surface area (Å²) in [6, 6.07) is 0.433. The zero-order valence-corrected chi connectivity index (χ0v) is 11.6. The molecule has 0 aromatic carbocycles. The lowest BCUT2D eigenvalue weighted by atomic mass is 9.90. The Morgan fingerprint density at radius 3 is 2.59 bits per heavy atom. The molecule has 1 aliphatic heterocycles. The van der Waals surface area contributed by atoms with Gasteiger partial charge < -0.3 is 10.2 Å². The van der Waals surface area contributed by atoms with Crippen LogP contribution in [0.15, 0.2) is 0 Å². The maximum Gasteiger partial charge on any atom is 0.237 e. The Kier molecular flexibility index (Phi) is 4.94. The third kappa shape index (κ3) is 4.27. The lowest BCUT2D eigenvalue weighted by Gasteiger charge is -2.38. The van der Waals surface area contributed by atoms with Gasteiger partial charge in [0.2, 0.25) is 5.91 Å². The summed E-state index contributed by atoms with van der Waals surface area (Å²) in [5.74, 6) is -0.217. The van der Waals surface area contributed by atoms with Crippen LogP contribution in [-0.4, -0.2) is 57.4 Å². The van der Waals surface area contributed by atoms with Gasteiger partial charge in [0.25, 0.3) is 0 Å². The summed E-state index contributed by atoms with van der Waals surface area (Å²) in [7, 11) is -1.29. The van der Waals surface area contributed by atoms with Gasteiger partial charge in [-0.1, -0.05) is 13.3 Å². The van der Waals surface area contributed by atoms with Gasteiger partial charge >= 0.3 is 0 Å². The second-order valence-electron chi connectivity index (χ2n) is 4.76. The molecule has 100 valence electrons. The zero-order chi connectivity index (χ0) is 13.1. The van der Waals surface area contributed by atoms with E-state index in [1.54, 1.807) is 4.90 Å². The lowest BCUT2D eigenvalue weighted by molar-refractivity contribution is -0.130. The second kappa shape index (κ2) is 5.82. The van der Waals surface area contributed by atoms with E-state index in [0.717, 1.165) is 19.1 Å². The number of nitrogens with zero attached hydrogens (tertiary/aromatic N) is 1. The number of hydrogen-bond donors (Lipinski definition) is 1. The maximum atomic E-state index is 11.8. The van der Waals surface area contributed by atoms with E-state index in [2.05, 4.69) is 12.2 Å². The average molecular weight is 262 g/mol. The molecule has 1 rings (SSSR count). The van der Waals surface area contributed by atoms with Crippen LogP contribution in [0.5, 0.6) is 0 Å². The molecule has 0 aliphatic carbocycles. The first kappa shape index (κ1) is 14.4. The molecular weight excluding hydrogens is 240 g/mol. The van der Waals surface area contributed by atoms with Crippen LogP contribution >= 0.6 is 0 Å². The van der Waals surface area contributed by atoms with Crippen LogP contribution in [0, 0.1) is 5.92 Å². The van der Waals surface area contributed by atoms with Gasteiger partial charge in [0, 0.05) is 25.4 Å². The van der Waals surface area contributed by atoms with Crippen LogP contribution in [0.25, 0.3) is 0 Å². The maximum absolute atomic E-state index is 11.8. The summed E-state index contributed by atoms with van der Waals surface area (Å²) in [6.07, 6.45) is 2.99. The average Bonchev–Trinajstić information content (AvgIpc) is 2.25. The van der Waals surface area contributed by atoms with E-state index in [1.165, 1.54) is 0 Å². The fraction of sp³-hybridized carbons (Fsp3) is 0.909. The van der Waals surface area contributed by atoms with Crippen molar-refractivity contribution in [2.45, 2.75) is 25.8 Å². The van der Waals surface area contributed by atoms with Crippen LogP contribution in [0.3, 0.4) is 0 Å². The number of nitrogens with one attached hydrogen (secondary N) is 1. The largest absolute Gasteiger partial charge is 0.341 e. The third-order valence-corrected chi connectivity index (χ3v) is 4.14. The first-order valence-electron chi connectivity index (χ1n) is 6.00. The highest BCUT2D eigenvalue weighted by atomic mass is 32.2. The predicted octanol–water partition coefficient (Wildman–Crippen LogP) is -0.122. The van der Waals surface area contributed by atoms with Gasteiger partial charge in [0.15, 0.2) is 9.84 Å². The van der Waals surface area contributed by atoms with Crippen molar-refractivity contribution < 1.29 is 13.2 Å². The fourth-order valence-corrected chi connectivity index (χ4v) is 3.00. The van der Waals surface area contributed by atoms with E-state index in [0.29, 0.717) is 25.0 Å². The van der Waals surface area contributed by atoms with Crippen LogP contribution in [0.2, 0.25) is 0 Å². The van der Waals surface area contributed by atoms with E-state index in [4.69, 9.17) is 0 Å². The van der Waals surface area contributed by atoms with Crippen molar-refractivity contribution in [2.24, 2.45) is 5.92 Å². The van der Waals surface area contributed by atoms with Gasteiger partial charge in [0.1, 0.15) is 5.75 Å². The van der Waals surface area contributed by atoms with E-state index in [9.17, 15) is 13.2 Å². The minimum Gasteiger partial charge on any atom is -0.341 e. The molecule has 1 aliphatic rings. The molecule has 1 heterocycles. The van der Waals surface area contributed by atoms with Crippen molar-refractivity contribution in [1.82, 2.24) is 10.2 Å². The molecule has 0 aromatic heterocycles. The lowest BCUT2D eigenvalue weighted by Crippen LogP contribution is -2.51. The van der Waals surface area contributed by atoms with Crippen LogP contribution < -0.4 is 5.32 Å². The number of amides is 1. The monoisotopic (exact) mass is 262 g/mol. The van der Waals surface area contributed by atoms with Crippen LogP contribution in [0.1, 0.15) is 19.8 Å².